The number of anilines is 3. The van der Waals surface area contributed by atoms with Gasteiger partial charge in [0.05, 0.1) is 11.3 Å². The number of aromatic nitrogens is 2. The van der Waals surface area contributed by atoms with Crippen LogP contribution in [0.1, 0.15) is 30.0 Å². The van der Waals surface area contributed by atoms with Crippen LogP contribution in [-0.2, 0) is 6.42 Å². The molecule has 102 valence electrons. The molecule has 0 saturated carbocycles. The first kappa shape index (κ1) is 13.8. The third-order valence-corrected chi connectivity index (χ3v) is 3.12. The molecule has 2 rings (SSSR count). The molecule has 0 aliphatic carbocycles. The van der Waals surface area contributed by atoms with Gasteiger partial charge in [-0.15, -0.1) is 0 Å². The van der Waals surface area contributed by atoms with Gasteiger partial charge in [-0.25, -0.2) is 9.97 Å². The molecule has 1 aromatic heterocycles. The van der Waals surface area contributed by atoms with Crippen LogP contribution < -0.4 is 11.1 Å². The molecule has 0 radical (unpaired) electrons. The lowest BCUT2D eigenvalue weighted by molar-refractivity contribution is 0.908. The molecule has 0 amide bonds. The van der Waals surface area contributed by atoms with E-state index in [0.29, 0.717) is 17.2 Å². The molecule has 0 atom stereocenters. The zero-order valence-electron chi connectivity index (χ0n) is 11.6. The number of rotatable bonds is 4. The molecule has 2 aromatic rings. The highest BCUT2D eigenvalue weighted by Gasteiger charge is 2.11. The average Bonchev–Trinajstić information content (AvgIpc) is 2.43. The van der Waals surface area contributed by atoms with E-state index >= 15 is 0 Å². The van der Waals surface area contributed by atoms with Gasteiger partial charge in [0.25, 0.3) is 0 Å². The predicted octanol–water partition coefficient (Wildman–Crippen LogP) is 2.94. The quantitative estimate of drug-likeness (QED) is 0.889. The molecule has 5 heteroatoms. The highest BCUT2D eigenvalue weighted by molar-refractivity contribution is 5.69. The number of aryl methyl sites for hydroxylation is 1. The van der Waals surface area contributed by atoms with Gasteiger partial charge in [0, 0.05) is 5.56 Å². The average molecular weight is 267 g/mol. The van der Waals surface area contributed by atoms with E-state index in [1.54, 1.807) is 0 Å². The first-order valence-electron chi connectivity index (χ1n) is 6.53. The van der Waals surface area contributed by atoms with Crippen molar-refractivity contribution in [3.05, 3.63) is 41.2 Å². The summed E-state index contributed by atoms with van der Waals surface area (Å²) in [5.74, 6) is 1.15. The second-order valence-electron chi connectivity index (χ2n) is 4.57. The molecule has 0 fully saturated rings. The molecular weight excluding hydrogens is 250 g/mol. The van der Waals surface area contributed by atoms with E-state index in [9.17, 15) is 5.26 Å². The summed E-state index contributed by atoms with van der Waals surface area (Å²) in [5.41, 5.74) is 9.08. The van der Waals surface area contributed by atoms with Gasteiger partial charge >= 0.3 is 0 Å². The van der Waals surface area contributed by atoms with E-state index in [-0.39, 0.29) is 0 Å². The number of hydrogen-bond acceptors (Lipinski definition) is 5. The summed E-state index contributed by atoms with van der Waals surface area (Å²) in [5, 5.41) is 12.5. The minimum Gasteiger partial charge on any atom is -0.383 e. The highest BCUT2D eigenvalue weighted by atomic mass is 15.0. The molecule has 1 heterocycles. The molecule has 0 bridgehead atoms. The Morgan fingerprint density at radius 2 is 2.15 bits per heavy atom. The Morgan fingerprint density at radius 3 is 2.85 bits per heavy atom. The molecule has 0 saturated heterocycles. The number of nitriles is 1. The Morgan fingerprint density at radius 1 is 1.35 bits per heavy atom. The fraction of sp³-hybridized carbons (Fsp3) is 0.267. The van der Waals surface area contributed by atoms with Gasteiger partial charge in [0.1, 0.15) is 24.0 Å². The molecule has 0 aliphatic rings. The highest BCUT2D eigenvalue weighted by Crippen LogP contribution is 2.26. The van der Waals surface area contributed by atoms with Crippen LogP contribution in [0.3, 0.4) is 0 Å². The van der Waals surface area contributed by atoms with Crippen molar-refractivity contribution in [3.8, 4) is 6.07 Å². The molecule has 0 aliphatic heterocycles. The van der Waals surface area contributed by atoms with Gasteiger partial charge in [-0.3, -0.25) is 0 Å². The van der Waals surface area contributed by atoms with Crippen LogP contribution in [0, 0.1) is 18.3 Å². The molecule has 0 unspecified atom stereocenters. The van der Waals surface area contributed by atoms with E-state index in [4.69, 9.17) is 5.73 Å². The van der Waals surface area contributed by atoms with Crippen LogP contribution in [0.5, 0.6) is 0 Å². The minimum atomic E-state index is 0.482. The van der Waals surface area contributed by atoms with Crippen LogP contribution >= 0.6 is 0 Å². The molecular formula is C15H17N5. The summed E-state index contributed by atoms with van der Waals surface area (Å²) in [7, 11) is 0. The van der Waals surface area contributed by atoms with Crippen LogP contribution in [0.15, 0.2) is 24.5 Å². The fourth-order valence-electron chi connectivity index (χ4n) is 2.08. The van der Waals surface area contributed by atoms with Crippen molar-refractivity contribution < 1.29 is 0 Å². The summed E-state index contributed by atoms with van der Waals surface area (Å²) >= 11 is 0. The standard InChI is InChI=1S/C15H17N5/c1-3-5-11-14(17)18-9-19-15(11)20-13-7-4-6-10(2)12(13)8-16/h4,6-7,9H,3,5H2,1-2H3,(H3,17,18,19,20). The predicted molar refractivity (Wildman–Crippen MR) is 79.6 cm³/mol. The Labute approximate surface area is 118 Å². The van der Waals surface area contributed by atoms with Crippen molar-refractivity contribution in [1.82, 2.24) is 9.97 Å². The van der Waals surface area contributed by atoms with Crippen molar-refractivity contribution in [2.75, 3.05) is 11.1 Å². The second kappa shape index (κ2) is 6.02. The van der Waals surface area contributed by atoms with Gasteiger partial charge in [-0.2, -0.15) is 5.26 Å². The lowest BCUT2D eigenvalue weighted by Gasteiger charge is -2.13. The van der Waals surface area contributed by atoms with E-state index in [0.717, 1.165) is 29.7 Å². The normalized spacial score (nSPS) is 10.1. The van der Waals surface area contributed by atoms with E-state index in [1.807, 2.05) is 25.1 Å². The zero-order valence-corrected chi connectivity index (χ0v) is 11.6. The molecule has 3 N–H and O–H groups in total. The number of benzene rings is 1. The lowest BCUT2D eigenvalue weighted by atomic mass is 10.1. The lowest BCUT2D eigenvalue weighted by Crippen LogP contribution is -2.06. The van der Waals surface area contributed by atoms with E-state index in [2.05, 4.69) is 28.3 Å². The topological polar surface area (TPSA) is 87.6 Å². The largest absolute Gasteiger partial charge is 0.383 e. The summed E-state index contributed by atoms with van der Waals surface area (Å²) in [6.07, 6.45) is 3.17. The summed E-state index contributed by atoms with van der Waals surface area (Å²) < 4.78 is 0. The number of nitrogens with two attached hydrogens (primary N) is 1. The summed E-state index contributed by atoms with van der Waals surface area (Å²) in [6.45, 7) is 3.98. The third kappa shape index (κ3) is 2.69. The van der Waals surface area contributed by atoms with E-state index in [1.165, 1.54) is 6.33 Å². The second-order valence-corrected chi connectivity index (χ2v) is 4.57. The van der Waals surface area contributed by atoms with Crippen LogP contribution in [0.4, 0.5) is 17.3 Å². The van der Waals surface area contributed by atoms with Crippen molar-refractivity contribution >= 4 is 17.3 Å². The number of hydrogen-bond donors (Lipinski definition) is 2. The Balaban J connectivity index is 2.43. The number of nitrogens with one attached hydrogen (secondary N) is 1. The van der Waals surface area contributed by atoms with Gasteiger partial charge in [-0.1, -0.05) is 25.5 Å². The van der Waals surface area contributed by atoms with Gasteiger partial charge in [0.2, 0.25) is 0 Å². The van der Waals surface area contributed by atoms with Crippen molar-refractivity contribution in [1.29, 1.82) is 5.26 Å². The summed E-state index contributed by atoms with van der Waals surface area (Å²) in [6, 6.07) is 7.89. The minimum absolute atomic E-state index is 0.482. The third-order valence-electron chi connectivity index (χ3n) is 3.12. The van der Waals surface area contributed by atoms with Crippen molar-refractivity contribution in [2.24, 2.45) is 0 Å². The maximum absolute atomic E-state index is 9.26. The molecule has 20 heavy (non-hydrogen) atoms. The summed E-state index contributed by atoms with van der Waals surface area (Å²) in [4.78, 5) is 8.27. The van der Waals surface area contributed by atoms with E-state index < -0.39 is 0 Å². The smallest absolute Gasteiger partial charge is 0.139 e. The van der Waals surface area contributed by atoms with Gasteiger partial charge in [-0.05, 0) is 25.0 Å². The van der Waals surface area contributed by atoms with Crippen LogP contribution in [0.2, 0.25) is 0 Å². The van der Waals surface area contributed by atoms with Gasteiger partial charge in [0.15, 0.2) is 0 Å². The maximum Gasteiger partial charge on any atom is 0.139 e. The SMILES string of the molecule is CCCc1c(N)ncnc1Nc1cccc(C)c1C#N. The first-order chi connectivity index (χ1) is 9.67. The Bertz CT molecular complexity index is 658. The Kier molecular flexibility index (Phi) is 4.16. The molecule has 1 aromatic carbocycles. The van der Waals surface area contributed by atoms with Crippen LogP contribution in [-0.4, -0.2) is 9.97 Å². The van der Waals surface area contributed by atoms with Gasteiger partial charge < -0.3 is 11.1 Å². The first-order valence-corrected chi connectivity index (χ1v) is 6.53. The number of nitrogen functional groups attached to an aromatic ring is 1. The van der Waals surface area contributed by atoms with Crippen molar-refractivity contribution in [3.63, 3.8) is 0 Å². The maximum atomic E-state index is 9.26. The molecule has 5 nitrogen and oxygen atoms in total. The van der Waals surface area contributed by atoms with Crippen molar-refractivity contribution in [2.45, 2.75) is 26.7 Å². The molecule has 0 spiro atoms. The monoisotopic (exact) mass is 267 g/mol. The fourth-order valence-corrected chi connectivity index (χ4v) is 2.08. The number of nitrogens with zero attached hydrogens (tertiary/aromatic N) is 3. The zero-order chi connectivity index (χ0) is 14.5. The van der Waals surface area contributed by atoms with Crippen LogP contribution in [0.25, 0.3) is 0 Å². The Hall–Kier alpha value is -2.61.